The molecule has 12 aromatic rings. The van der Waals surface area contributed by atoms with Gasteiger partial charge in [0, 0.05) is 62.1 Å². The van der Waals surface area contributed by atoms with Crippen LogP contribution in [0.4, 0.5) is 0 Å². The number of rotatable bonds is 2. The molecule has 0 radical (unpaired) electrons. The van der Waals surface area contributed by atoms with E-state index >= 15 is 0 Å². The van der Waals surface area contributed by atoms with Gasteiger partial charge in [0.15, 0.2) is 0 Å². The van der Waals surface area contributed by atoms with Gasteiger partial charge in [-0.25, -0.2) is 0 Å². The zero-order valence-electron chi connectivity index (χ0n) is 26.5. The van der Waals surface area contributed by atoms with Crippen molar-refractivity contribution in [1.29, 1.82) is 0 Å². The molecule has 0 amide bonds. The zero-order chi connectivity index (χ0) is 32.5. The molecule has 8 aromatic carbocycles. The van der Waals surface area contributed by atoms with Gasteiger partial charge in [-0.15, -0.1) is 22.7 Å². The zero-order valence-corrected chi connectivity index (χ0v) is 28.1. The van der Waals surface area contributed by atoms with Crippen molar-refractivity contribution in [2.45, 2.75) is 0 Å². The summed E-state index contributed by atoms with van der Waals surface area (Å²) in [5, 5.41) is 13.6. The van der Waals surface area contributed by atoms with Crippen LogP contribution in [0.3, 0.4) is 0 Å². The summed E-state index contributed by atoms with van der Waals surface area (Å²) in [7, 11) is 0. The molecule has 4 aromatic heterocycles. The molecule has 0 saturated heterocycles. The van der Waals surface area contributed by atoms with E-state index in [2.05, 4.69) is 133 Å². The highest BCUT2D eigenvalue weighted by molar-refractivity contribution is 7.30. The molecule has 0 atom stereocenters. The summed E-state index contributed by atoms with van der Waals surface area (Å²) in [6, 6.07) is 51.0. The van der Waals surface area contributed by atoms with E-state index in [0.717, 1.165) is 32.9 Å². The number of thiophene rings is 2. The predicted octanol–water partition coefficient (Wildman–Crippen LogP) is 14.7. The number of benzene rings is 8. The molecule has 4 heterocycles. The highest BCUT2D eigenvalue weighted by Crippen LogP contribution is 2.50. The molecule has 12 rings (SSSR count). The van der Waals surface area contributed by atoms with E-state index in [0.29, 0.717) is 0 Å². The first-order valence-electron chi connectivity index (χ1n) is 16.8. The van der Waals surface area contributed by atoms with Gasteiger partial charge in [0.1, 0.15) is 16.7 Å². The van der Waals surface area contributed by atoms with Crippen molar-refractivity contribution in [2.75, 3.05) is 0 Å². The number of hydrogen-bond acceptors (Lipinski definition) is 4. The third-order valence-corrected chi connectivity index (χ3v) is 12.9. The molecular weight excluding hydrogens is 649 g/mol. The second kappa shape index (κ2) is 9.82. The molecule has 0 saturated carbocycles. The Bertz CT molecular complexity index is 3330. The molecule has 232 valence electrons. The molecule has 0 aliphatic carbocycles. The van der Waals surface area contributed by atoms with Gasteiger partial charge in [-0.05, 0) is 80.7 Å². The molecule has 0 spiro atoms. The topological polar surface area (TPSA) is 26.3 Å². The summed E-state index contributed by atoms with van der Waals surface area (Å²) in [5.74, 6) is 0. The Morgan fingerprint density at radius 2 is 1.10 bits per heavy atom. The maximum Gasteiger partial charge on any atom is 0.136 e. The fourth-order valence-electron chi connectivity index (χ4n) is 8.38. The number of hydrogen-bond donors (Lipinski definition) is 0. The highest BCUT2D eigenvalue weighted by Gasteiger charge is 2.21. The summed E-state index contributed by atoms with van der Waals surface area (Å²) < 4.78 is 17.5. The second-order valence-electron chi connectivity index (χ2n) is 13.2. The first-order valence-corrected chi connectivity index (χ1v) is 18.4. The van der Waals surface area contributed by atoms with Crippen molar-refractivity contribution in [3.05, 3.63) is 146 Å². The van der Waals surface area contributed by atoms with Crippen molar-refractivity contribution in [1.82, 2.24) is 0 Å². The molecule has 0 aliphatic rings. The Balaban J connectivity index is 1.16. The Kier molecular flexibility index (Phi) is 5.29. The lowest BCUT2D eigenvalue weighted by Gasteiger charge is -2.18. The van der Waals surface area contributed by atoms with Gasteiger partial charge in [0.2, 0.25) is 0 Å². The number of fused-ring (bicyclic) bond motifs is 13. The monoisotopic (exact) mass is 672 g/mol. The van der Waals surface area contributed by atoms with E-state index in [4.69, 9.17) is 8.83 Å². The molecule has 50 heavy (non-hydrogen) atoms. The Hall–Kier alpha value is -5.94. The van der Waals surface area contributed by atoms with E-state index < -0.39 is 0 Å². The standard InChI is InChI=1S/C46H24O2S2/c1-3-11-30-28(9-1)42(26-16-18-37-35(22-26)36-24-38-25(20-21-47-38)23-39(36)48-37)29-10-2-4-12-31(29)43(30)33-13-7-14-34-44-41(50-45(33)34)19-17-32-27-8-5-6-15-40(27)49-46(32)44/h1-24H. The van der Waals surface area contributed by atoms with Gasteiger partial charge in [0.05, 0.1) is 6.26 Å². The van der Waals surface area contributed by atoms with E-state index in [1.54, 1.807) is 6.26 Å². The van der Waals surface area contributed by atoms with E-state index in [-0.39, 0.29) is 0 Å². The molecule has 2 nitrogen and oxygen atoms in total. The number of furan rings is 2. The minimum Gasteiger partial charge on any atom is -0.464 e. The maximum absolute atomic E-state index is 6.34. The minimum absolute atomic E-state index is 0.870. The van der Waals surface area contributed by atoms with Crippen LogP contribution < -0.4 is 0 Å². The van der Waals surface area contributed by atoms with E-state index in [1.165, 1.54) is 84.1 Å². The summed E-state index contributed by atoms with van der Waals surface area (Å²) in [6.07, 6.45) is 1.74. The largest absolute Gasteiger partial charge is 0.464 e. The molecule has 0 fully saturated rings. The molecule has 0 aliphatic heterocycles. The van der Waals surface area contributed by atoms with Crippen molar-refractivity contribution in [3.8, 4) is 22.3 Å². The van der Waals surface area contributed by atoms with Gasteiger partial charge >= 0.3 is 0 Å². The van der Waals surface area contributed by atoms with Crippen LogP contribution in [0.15, 0.2) is 155 Å². The van der Waals surface area contributed by atoms with Crippen LogP contribution in [-0.2, 0) is 0 Å². The smallest absolute Gasteiger partial charge is 0.136 e. The second-order valence-corrected chi connectivity index (χ2v) is 15.3. The molecular formula is C46H24O2S2. The molecule has 4 heteroatoms. The fraction of sp³-hybridized carbons (Fsp3) is 0. The maximum atomic E-state index is 6.34. The van der Waals surface area contributed by atoms with Crippen molar-refractivity contribution in [2.24, 2.45) is 0 Å². The lowest BCUT2D eigenvalue weighted by molar-refractivity contribution is 0.616. The van der Waals surface area contributed by atoms with Gasteiger partial charge in [0.25, 0.3) is 0 Å². The highest BCUT2D eigenvalue weighted by atomic mass is 32.1. The fourth-order valence-corrected chi connectivity index (χ4v) is 10.9. The van der Waals surface area contributed by atoms with Gasteiger partial charge in [-0.3, -0.25) is 0 Å². The van der Waals surface area contributed by atoms with Crippen LogP contribution in [0, 0.1) is 0 Å². The predicted molar refractivity (Wildman–Crippen MR) is 215 cm³/mol. The third kappa shape index (κ3) is 3.56. The summed E-state index contributed by atoms with van der Waals surface area (Å²) >= 11 is 3.83. The Morgan fingerprint density at radius 1 is 0.400 bits per heavy atom. The quantitative estimate of drug-likeness (QED) is 0.171. The lowest BCUT2D eigenvalue weighted by atomic mass is 9.85. The third-order valence-electron chi connectivity index (χ3n) is 10.5. The summed E-state index contributed by atoms with van der Waals surface area (Å²) in [6.45, 7) is 0. The molecule has 0 unspecified atom stereocenters. The Morgan fingerprint density at radius 3 is 1.92 bits per heavy atom. The summed E-state index contributed by atoms with van der Waals surface area (Å²) in [4.78, 5) is 0. The van der Waals surface area contributed by atoms with Crippen LogP contribution >= 0.6 is 22.7 Å². The normalized spacial score (nSPS) is 12.4. The van der Waals surface area contributed by atoms with Crippen LogP contribution in [-0.4, -0.2) is 0 Å². The Labute approximate surface area is 293 Å². The first-order chi connectivity index (χ1) is 24.8. The lowest BCUT2D eigenvalue weighted by Crippen LogP contribution is -1.91. The minimum atomic E-state index is 0.870. The summed E-state index contributed by atoms with van der Waals surface area (Å²) in [5.41, 5.74) is 7.62. The van der Waals surface area contributed by atoms with Gasteiger partial charge in [-0.1, -0.05) is 97.1 Å². The van der Waals surface area contributed by atoms with Crippen LogP contribution in [0.25, 0.3) is 117 Å². The first kappa shape index (κ1) is 26.9. The molecule has 0 N–H and O–H groups in total. The van der Waals surface area contributed by atoms with E-state index in [1.807, 2.05) is 28.7 Å². The van der Waals surface area contributed by atoms with Crippen LogP contribution in [0.5, 0.6) is 0 Å². The van der Waals surface area contributed by atoms with Crippen LogP contribution in [0.2, 0.25) is 0 Å². The average Bonchev–Trinajstić information content (AvgIpc) is 3.94. The van der Waals surface area contributed by atoms with Crippen molar-refractivity contribution >= 4 is 117 Å². The van der Waals surface area contributed by atoms with Gasteiger partial charge in [-0.2, -0.15) is 0 Å². The van der Waals surface area contributed by atoms with E-state index in [9.17, 15) is 0 Å². The van der Waals surface area contributed by atoms with Gasteiger partial charge < -0.3 is 8.83 Å². The molecule has 0 bridgehead atoms. The van der Waals surface area contributed by atoms with Crippen LogP contribution in [0.1, 0.15) is 0 Å². The van der Waals surface area contributed by atoms with Crippen molar-refractivity contribution in [3.63, 3.8) is 0 Å². The average molecular weight is 673 g/mol. The SMILES string of the molecule is c1ccc2c(c1)sc1c2ccc2sc3c(-c4c5ccccc5c(-c5ccc6oc7cc8ccoc8cc7c6c5)c5ccccc45)cccc3c21. The van der Waals surface area contributed by atoms with Crippen molar-refractivity contribution < 1.29 is 8.83 Å².